The molecule has 2 rings (SSSR count). The summed E-state index contributed by atoms with van der Waals surface area (Å²) >= 11 is 4.77. The van der Waals surface area contributed by atoms with E-state index < -0.39 is 10.0 Å². The van der Waals surface area contributed by atoms with Gasteiger partial charge in [0.1, 0.15) is 0 Å². The average molecular weight is 381 g/mol. The first-order chi connectivity index (χ1) is 9.22. The second-order valence-electron chi connectivity index (χ2n) is 5.92. The molecular formula is C13H21BrN2O2S2. The highest BCUT2D eigenvalue weighted by molar-refractivity contribution is 9.11. The molecule has 20 heavy (non-hydrogen) atoms. The van der Waals surface area contributed by atoms with Crippen molar-refractivity contribution in [3.8, 4) is 0 Å². The van der Waals surface area contributed by atoms with Crippen molar-refractivity contribution in [3.63, 3.8) is 0 Å². The zero-order valence-electron chi connectivity index (χ0n) is 12.0. The third kappa shape index (κ3) is 3.62. The van der Waals surface area contributed by atoms with E-state index in [9.17, 15) is 8.42 Å². The van der Waals surface area contributed by atoms with E-state index in [1.807, 2.05) is 6.92 Å². The molecule has 0 bridgehead atoms. The largest absolute Gasteiger partial charge is 0.312 e. The maximum atomic E-state index is 12.4. The number of hydrogen-bond donors (Lipinski definition) is 2. The van der Waals surface area contributed by atoms with E-state index in [0.29, 0.717) is 11.4 Å². The van der Waals surface area contributed by atoms with Crippen LogP contribution in [0.3, 0.4) is 0 Å². The summed E-state index contributed by atoms with van der Waals surface area (Å²) < 4.78 is 28.3. The van der Waals surface area contributed by atoms with Crippen molar-refractivity contribution in [2.24, 2.45) is 5.41 Å². The number of piperidine rings is 1. The molecular weight excluding hydrogens is 360 g/mol. The second kappa shape index (κ2) is 6.04. The fourth-order valence-corrected chi connectivity index (χ4v) is 6.05. The summed E-state index contributed by atoms with van der Waals surface area (Å²) in [5, 5.41) is 3.42. The molecule has 0 aliphatic carbocycles. The molecule has 0 saturated carbocycles. The lowest BCUT2D eigenvalue weighted by atomic mass is 9.78. The van der Waals surface area contributed by atoms with E-state index in [0.717, 1.165) is 28.0 Å². The molecule has 1 atom stereocenters. The van der Waals surface area contributed by atoms with Gasteiger partial charge in [-0.15, -0.1) is 11.3 Å². The van der Waals surface area contributed by atoms with Crippen LogP contribution in [0.15, 0.2) is 14.7 Å². The van der Waals surface area contributed by atoms with Crippen LogP contribution in [-0.4, -0.2) is 27.5 Å². The first-order valence-corrected chi connectivity index (χ1v) is 9.81. The fourth-order valence-electron chi connectivity index (χ4n) is 2.59. The van der Waals surface area contributed by atoms with E-state index >= 15 is 0 Å². The average Bonchev–Trinajstić information content (AvgIpc) is 2.67. The van der Waals surface area contributed by atoms with Crippen molar-refractivity contribution in [2.45, 2.75) is 44.6 Å². The topological polar surface area (TPSA) is 58.2 Å². The van der Waals surface area contributed by atoms with E-state index in [1.165, 1.54) is 11.3 Å². The highest BCUT2D eigenvalue weighted by Crippen LogP contribution is 2.31. The molecule has 1 aliphatic rings. The van der Waals surface area contributed by atoms with Crippen LogP contribution >= 0.6 is 27.3 Å². The smallest absolute Gasteiger partial charge is 0.241 e. The summed E-state index contributed by atoms with van der Waals surface area (Å²) in [6.45, 7) is 7.59. The van der Waals surface area contributed by atoms with Crippen LogP contribution in [0.4, 0.5) is 0 Å². The summed E-state index contributed by atoms with van der Waals surface area (Å²) in [5.74, 6) is 0. The Hall–Kier alpha value is 0.0500. The molecule has 0 radical (unpaired) electrons. The van der Waals surface area contributed by atoms with Gasteiger partial charge in [0.05, 0.1) is 8.68 Å². The van der Waals surface area contributed by atoms with Crippen molar-refractivity contribution in [3.05, 3.63) is 14.7 Å². The van der Waals surface area contributed by atoms with Crippen LogP contribution in [0.1, 0.15) is 31.6 Å². The van der Waals surface area contributed by atoms with Crippen LogP contribution in [0.5, 0.6) is 0 Å². The highest BCUT2D eigenvalue weighted by atomic mass is 79.9. The summed E-state index contributed by atoms with van der Waals surface area (Å²) in [7, 11) is -3.43. The maximum absolute atomic E-state index is 12.4. The normalized spacial score (nSPS) is 22.9. The van der Waals surface area contributed by atoms with Crippen molar-refractivity contribution in [2.75, 3.05) is 13.1 Å². The van der Waals surface area contributed by atoms with Crippen LogP contribution < -0.4 is 10.0 Å². The van der Waals surface area contributed by atoms with Gasteiger partial charge in [0.15, 0.2) is 0 Å². The van der Waals surface area contributed by atoms with Gasteiger partial charge in [0.2, 0.25) is 10.0 Å². The molecule has 1 aromatic heterocycles. The van der Waals surface area contributed by atoms with E-state index in [2.05, 4.69) is 39.8 Å². The Bertz CT molecular complexity index is 581. The quantitative estimate of drug-likeness (QED) is 0.843. The summed E-state index contributed by atoms with van der Waals surface area (Å²) in [6, 6.07) is 1.84. The zero-order valence-corrected chi connectivity index (χ0v) is 15.2. The SMILES string of the molecule is Cc1sc(Br)cc1S(=O)(=O)NCC1NCCCC1(C)C. The number of nitrogens with one attached hydrogen (secondary N) is 2. The highest BCUT2D eigenvalue weighted by Gasteiger charge is 2.33. The predicted octanol–water partition coefficient (Wildman–Crippen LogP) is 2.88. The monoisotopic (exact) mass is 380 g/mol. The molecule has 0 amide bonds. The van der Waals surface area contributed by atoms with Crippen molar-refractivity contribution >= 4 is 37.3 Å². The van der Waals surface area contributed by atoms with Gasteiger partial charge in [0, 0.05) is 17.5 Å². The third-order valence-electron chi connectivity index (χ3n) is 3.94. The molecule has 0 aromatic carbocycles. The Morgan fingerprint density at radius 2 is 2.25 bits per heavy atom. The van der Waals surface area contributed by atoms with Gasteiger partial charge in [-0.1, -0.05) is 13.8 Å². The second-order valence-corrected chi connectivity index (χ2v) is 10.3. The Balaban J connectivity index is 2.08. The van der Waals surface area contributed by atoms with Gasteiger partial charge >= 0.3 is 0 Å². The third-order valence-corrected chi connectivity index (χ3v) is 7.17. The van der Waals surface area contributed by atoms with Crippen LogP contribution in [0.25, 0.3) is 0 Å². The molecule has 4 nitrogen and oxygen atoms in total. The van der Waals surface area contributed by atoms with E-state index in [-0.39, 0.29) is 11.5 Å². The van der Waals surface area contributed by atoms with Crippen LogP contribution in [0.2, 0.25) is 0 Å². The molecule has 7 heteroatoms. The fraction of sp³-hybridized carbons (Fsp3) is 0.692. The minimum absolute atomic E-state index is 0.116. The molecule has 114 valence electrons. The number of aryl methyl sites for hydroxylation is 1. The van der Waals surface area contributed by atoms with Crippen molar-refractivity contribution in [1.82, 2.24) is 10.0 Å². The molecule has 1 aromatic rings. The number of sulfonamides is 1. The van der Waals surface area contributed by atoms with Crippen LogP contribution in [0, 0.1) is 12.3 Å². The summed E-state index contributed by atoms with van der Waals surface area (Å²) in [4.78, 5) is 1.18. The van der Waals surface area contributed by atoms with Crippen molar-refractivity contribution in [1.29, 1.82) is 0 Å². The number of halogens is 1. The lowest BCUT2D eigenvalue weighted by molar-refractivity contribution is 0.181. The predicted molar refractivity (Wildman–Crippen MR) is 86.8 cm³/mol. The minimum Gasteiger partial charge on any atom is -0.312 e. The Morgan fingerprint density at radius 1 is 1.55 bits per heavy atom. The summed E-state index contributed by atoms with van der Waals surface area (Å²) in [5.41, 5.74) is 0.116. The van der Waals surface area contributed by atoms with Gasteiger partial charge in [-0.2, -0.15) is 0 Å². The van der Waals surface area contributed by atoms with Gasteiger partial charge in [0.25, 0.3) is 0 Å². The molecule has 1 unspecified atom stereocenters. The lowest BCUT2D eigenvalue weighted by Crippen LogP contribution is -2.52. The maximum Gasteiger partial charge on any atom is 0.241 e. The summed E-state index contributed by atoms with van der Waals surface area (Å²) in [6.07, 6.45) is 2.27. The number of hydrogen-bond acceptors (Lipinski definition) is 4. The molecule has 0 spiro atoms. The van der Waals surface area contributed by atoms with Crippen LogP contribution in [-0.2, 0) is 10.0 Å². The molecule has 2 heterocycles. The van der Waals surface area contributed by atoms with E-state index in [4.69, 9.17) is 0 Å². The standard InChI is InChI=1S/C13H21BrN2O2S2/c1-9-10(7-12(14)19-9)20(17,18)16-8-11-13(2,3)5-4-6-15-11/h7,11,15-16H,4-6,8H2,1-3H3. The first-order valence-electron chi connectivity index (χ1n) is 6.71. The first kappa shape index (κ1) is 16.4. The molecule has 1 saturated heterocycles. The molecule has 2 N–H and O–H groups in total. The number of thiophene rings is 1. The zero-order chi connectivity index (χ0) is 15.0. The molecule has 1 aliphatic heterocycles. The van der Waals surface area contributed by atoms with E-state index in [1.54, 1.807) is 6.07 Å². The van der Waals surface area contributed by atoms with Gasteiger partial charge in [-0.3, -0.25) is 0 Å². The molecule has 1 fully saturated rings. The Morgan fingerprint density at radius 3 is 2.80 bits per heavy atom. The van der Waals surface area contributed by atoms with Gasteiger partial charge in [-0.25, -0.2) is 13.1 Å². The van der Waals surface area contributed by atoms with Gasteiger partial charge < -0.3 is 5.32 Å². The lowest BCUT2D eigenvalue weighted by Gasteiger charge is -2.39. The number of rotatable bonds is 4. The van der Waals surface area contributed by atoms with Gasteiger partial charge in [-0.05, 0) is 53.7 Å². The Labute approximate surface area is 133 Å². The minimum atomic E-state index is -3.43. The van der Waals surface area contributed by atoms with Crippen molar-refractivity contribution < 1.29 is 8.42 Å². The Kier molecular flexibility index (Phi) is 4.96.